The summed E-state index contributed by atoms with van der Waals surface area (Å²) in [7, 11) is -2.28. The van der Waals surface area contributed by atoms with E-state index >= 15 is 0 Å². The summed E-state index contributed by atoms with van der Waals surface area (Å²) in [5, 5.41) is 7.76. The lowest BCUT2D eigenvalue weighted by atomic mass is 9.98. The van der Waals surface area contributed by atoms with Gasteiger partial charge in [0.2, 0.25) is 21.8 Å². The van der Waals surface area contributed by atoms with Gasteiger partial charge >= 0.3 is 6.09 Å². The molecular weight excluding hydrogens is 660 g/mol. The molecule has 2 aliphatic carbocycles. The molecule has 4 atom stereocenters. The Morgan fingerprint density at radius 3 is 2.38 bits per heavy atom. The van der Waals surface area contributed by atoms with E-state index in [-0.39, 0.29) is 12.8 Å². The molecule has 50 heavy (non-hydrogen) atoms. The van der Waals surface area contributed by atoms with Gasteiger partial charge in [-0.25, -0.2) is 13.2 Å². The Bertz CT molecular complexity index is 1720. The number of carbonyl (C=O) groups excluding carboxylic acids is 4. The number of hydrogen-bond donors (Lipinski definition) is 4. The molecule has 0 aromatic heterocycles. The molecule has 0 bridgehead atoms. The molecule has 0 spiro atoms. The number of hydrogen-bond acceptors (Lipinski definition) is 8. The zero-order valence-electron chi connectivity index (χ0n) is 29.1. The first-order valence-electron chi connectivity index (χ1n) is 17.3. The Balaban J connectivity index is 1.44. The van der Waals surface area contributed by atoms with Gasteiger partial charge in [-0.15, -0.1) is 0 Å². The normalized spacial score (nSPS) is 25.3. The van der Waals surface area contributed by atoms with Crippen LogP contribution in [-0.4, -0.2) is 67.8 Å². The number of rotatable bonds is 8. The number of sulfonamides is 1. The van der Waals surface area contributed by atoms with E-state index in [0.29, 0.717) is 37.9 Å². The van der Waals surface area contributed by atoms with Crippen LogP contribution in [0.15, 0.2) is 60.7 Å². The number of methoxy groups -OCH3 is 1. The maximum atomic E-state index is 14.2. The molecule has 1 aliphatic heterocycles. The van der Waals surface area contributed by atoms with E-state index in [1.54, 1.807) is 27.9 Å². The lowest BCUT2D eigenvalue weighted by Crippen LogP contribution is -2.59. The highest BCUT2D eigenvalue weighted by Gasteiger charge is 2.61. The van der Waals surface area contributed by atoms with Crippen LogP contribution in [0.5, 0.6) is 5.75 Å². The molecule has 4 N–H and O–H groups in total. The number of nitrogens with one attached hydrogen (secondary N) is 4. The molecule has 2 aromatic carbocycles. The van der Waals surface area contributed by atoms with Gasteiger partial charge in [-0.05, 0) is 88.1 Å². The van der Waals surface area contributed by atoms with E-state index in [1.807, 2.05) is 60.7 Å². The third-order valence-electron chi connectivity index (χ3n) is 9.13. The summed E-state index contributed by atoms with van der Waals surface area (Å²) in [5.41, 5.74) is 0.261. The highest BCUT2D eigenvalue weighted by Crippen LogP contribution is 2.46. The number of alkyl carbamates (subject to hydrolysis) is 1. The zero-order chi connectivity index (χ0) is 36.1. The lowest BCUT2D eigenvalue weighted by Gasteiger charge is -2.27. The van der Waals surface area contributed by atoms with Crippen LogP contribution in [0.25, 0.3) is 11.1 Å². The maximum Gasteiger partial charge on any atom is 0.408 e. The first-order valence-corrected chi connectivity index (χ1v) is 18.8. The van der Waals surface area contributed by atoms with Crippen LogP contribution in [0, 0.1) is 5.92 Å². The number of amides is 4. The van der Waals surface area contributed by atoms with Crippen molar-refractivity contribution in [1.82, 2.24) is 20.7 Å². The summed E-state index contributed by atoms with van der Waals surface area (Å²) < 4.78 is 38.4. The van der Waals surface area contributed by atoms with Gasteiger partial charge in [0.15, 0.2) is 0 Å². The first-order chi connectivity index (χ1) is 23.7. The molecule has 0 radical (unpaired) electrons. The minimum Gasteiger partial charge on any atom is -0.497 e. The summed E-state index contributed by atoms with van der Waals surface area (Å²) in [6.45, 7) is 5.18. The van der Waals surface area contributed by atoms with Crippen molar-refractivity contribution in [2.24, 2.45) is 5.92 Å². The van der Waals surface area contributed by atoms with E-state index in [1.165, 1.54) is 0 Å². The van der Waals surface area contributed by atoms with E-state index in [4.69, 9.17) is 9.47 Å². The topological polar surface area (TPSA) is 169 Å². The summed E-state index contributed by atoms with van der Waals surface area (Å²) in [5.74, 6) is -1.70. The van der Waals surface area contributed by atoms with Crippen LogP contribution in [0.4, 0.5) is 4.79 Å². The van der Waals surface area contributed by atoms with Crippen LogP contribution in [0.3, 0.4) is 0 Å². The zero-order valence-corrected chi connectivity index (χ0v) is 29.9. The molecule has 5 rings (SSSR count). The summed E-state index contributed by atoms with van der Waals surface area (Å²) in [6.07, 6.45) is 7.54. The van der Waals surface area contributed by atoms with Gasteiger partial charge in [-0.3, -0.25) is 19.1 Å². The quantitative estimate of drug-likeness (QED) is 0.295. The van der Waals surface area contributed by atoms with E-state index in [2.05, 4.69) is 20.7 Å². The molecular formula is C37H48N4O8S. The van der Waals surface area contributed by atoms with Crippen LogP contribution in [-0.2, 0) is 35.6 Å². The van der Waals surface area contributed by atoms with Gasteiger partial charge < -0.3 is 25.4 Å². The van der Waals surface area contributed by atoms with Crippen molar-refractivity contribution in [3.8, 4) is 16.9 Å². The van der Waals surface area contributed by atoms with Crippen LogP contribution in [0.2, 0.25) is 0 Å². The Kier molecular flexibility index (Phi) is 11.2. The number of carbonyl (C=O) groups is 4. The molecule has 270 valence electrons. The second kappa shape index (κ2) is 15.2. The van der Waals surface area contributed by atoms with Crippen molar-refractivity contribution in [2.45, 2.75) is 107 Å². The molecule has 2 aromatic rings. The Hall–Kier alpha value is -4.39. The highest BCUT2D eigenvalue weighted by atomic mass is 32.2. The third kappa shape index (κ3) is 9.64. The van der Waals surface area contributed by atoms with Crippen LogP contribution >= 0.6 is 0 Å². The molecule has 4 amide bonds. The molecule has 3 aliphatic rings. The van der Waals surface area contributed by atoms with Crippen molar-refractivity contribution >= 4 is 33.8 Å². The standard InChI is InChI=1S/C37H48N4O8S/c1-36(2,3)49-35(45)39-30-14-9-7-5-6-8-13-27-23-37(27,34(44)41-50(46,47)29-19-20-29)40-33(43)31(38-32(30)42)22-24-11-10-12-26(21-24)25-15-17-28(48-4)18-16-25/h8,10-13,15-18,21,27,29-31H,5-7,9,14,19-20,22-23H2,1-4H3,(H,38,42)(H,39,45)(H,40,43)(H,41,44)/b13-8-/t27-,30+,31+,37-/m1/s1. The molecule has 13 heteroatoms. The van der Waals surface area contributed by atoms with Gasteiger partial charge in [-0.2, -0.15) is 0 Å². The molecule has 0 unspecified atom stereocenters. The van der Waals surface area contributed by atoms with Crippen molar-refractivity contribution in [1.29, 1.82) is 0 Å². The Morgan fingerprint density at radius 1 is 0.960 bits per heavy atom. The Labute approximate surface area is 294 Å². The van der Waals surface area contributed by atoms with Gasteiger partial charge in [0.05, 0.1) is 12.4 Å². The third-order valence-corrected chi connectivity index (χ3v) is 10.9. The smallest absolute Gasteiger partial charge is 0.408 e. The van der Waals surface area contributed by atoms with Gasteiger partial charge in [0.25, 0.3) is 5.91 Å². The molecule has 12 nitrogen and oxygen atoms in total. The van der Waals surface area contributed by atoms with Crippen LogP contribution in [0.1, 0.15) is 77.7 Å². The monoisotopic (exact) mass is 708 g/mol. The van der Waals surface area contributed by atoms with Crippen molar-refractivity contribution < 1.29 is 37.1 Å². The average Bonchev–Trinajstić information content (AvgIpc) is 3.99. The van der Waals surface area contributed by atoms with E-state index in [9.17, 15) is 27.6 Å². The lowest BCUT2D eigenvalue weighted by molar-refractivity contribution is -0.133. The second-order valence-electron chi connectivity index (χ2n) is 14.4. The highest BCUT2D eigenvalue weighted by molar-refractivity contribution is 7.91. The number of allylic oxidation sites excluding steroid dienone is 1. The summed E-state index contributed by atoms with van der Waals surface area (Å²) >= 11 is 0. The second-order valence-corrected chi connectivity index (χ2v) is 16.4. The van der Waals surface area contributed by atoms with Crippen molar-refractivity contribution in [3.05, 3.63) is 66.2 Å². The van der Waals surface area contributed by atoms with Gasteiger partial charge in [-0.1, -0.05) is 61.4 Å². The van der Waals surface area contributed by atoms with Crippen LogP contribution < -0.4 is 25.4 Å². The SMILES string of the molecule is COc1ccc(-c2cccc(C[C@@H]3NC(=O)[C@@H](NC(=O)OC(C)(C)C)CCCCC/C=C\[C@@H]4C[C@@]4(C(=O)NS(=O)(=O)C4CC4)NC3=O)c2)cc1. The average molecular weight is 709 g/mol. The predicted molar refractivity (Wildman–Crippen MR) is 189 cm³/mol. The largest absolute Gasteiger partial charge is 0.497 e. The van der Waals surface area contributed by atoms with E-state index < -0.39 is 68.2 Å². The molecule has 0 saturated heterocycles. The minimum absolute atomic E-state index is 0.0549. The minimum atomic E-state index is -3.87. The molecule has 2 saturated carbocycles. The predicted octanol–water partition coefficient (Wildman–Crippen LogP) is 4.29. The molecule has 2 fully saturated rings. The fourth-order valence-corrected chi connectivity index (χ4v) is 7.48. The Morgan fingerprint density at radius 2 is 1.70 bits per heavy atom. The van der Waals surface area contributed by atoms with Gasteiger partial charge in [0.1, 0.15) is 29.0 Å². The van der Waals surface area contributed by atoms with Crippen molar-refractivity contribution in [2.75, 3.05) is 7.11 Å². The maximum absolute atomic E-state index is 14.2. The fraction of sp³-hybridized carbons (Fsp3) is 0.514. The number of ether oxygens (including phenoxy) is 2. The summed E-state index contributed by atoms with van der Waals surface area (Å²) in [4.78, 5) is 54.5. The van der Waals surface area contributed by atoms with Gasteiger partial charge in [0, 0.05) is 12.3 Å². The fourth-order valence-electron chi connectivity index (χ4n) is 6.12. The van der Waals surface area contributed by atoms with Crippen molar-refractivity contribution in [3.63, 3.8) is 0 Å². The number of fused-ring (bicyclic) bond motifs is 1. The summed E-state index contributed by atoms with van der Waals surface area (Å²) in [6, 6.07) is 12.9. The molecule has 1 heterocycles. The first kappa shape index (κ1) is 36.9. The van der Waals surface area contributed by atoms with E-state index in [0.717, 1.165) is 29.5 Å². The number of benzene rings is 2.